The van der Waals surface area contributed by atoms with E-state index >= 15 is 0 Å². The molecule has 0 unspecified atom stereocenters. The number of pyridine rings is 1. The van der Waals surface area contributed by atoms with Gasteiger partial charge in [-0.3, -0.25) is 5.41 Å². The highest BCUT2D eigenvalue weighted by Crippen LogP contribution is 2.34. The van der Waals surface area contributed by atoms with E-state index in [0.29, 0.717) is 17.0 Å². The molecule has 2 aromatic rings. The first-order chi connectivity index (χ1) is 8.58. The van der Waals surface area contributed by atoms with Crippen LogP contribution in [0, 0.1) is 12.3 Å². The van der Waals surface area contributed by atoms with Gasteiger partial charge in [-0.05, 0) is 30.7 Å². The number of nitrogen functional groups attached to an aromatic ring is 1. The molecule has 0 aliphatic heterocycles. The highest BCUT2D eigenvalue weighted by atomic mass is 16.5. The third-order valence-corrected chi connectivity index (χ3v) is 2.80. The Labute approximate surface area is 105 Å². The van der Waals surface area contributed by atoms with E-state index in [1.165, 1.54) is 0 Å². The Morgan fingerprint density at radius 3 is 2.39 bits per heavy atom. The molecule has 0 spiro atoms. The van der Waals surface area contributed by atoms with Crippen LogP contribution in [-0.2, 0) is 0 Å². The topological polar surface area (TPSA) is 81.2 Å². The van der Waals surface area contributed by atoms with Crippen molar-refractivity contribution in [3.8, 4) is 11.5 Å². The van der Waals surface area contributed by atoms with Crippen molar-refractivity contribution in [3.05, 3.63) is 29.5 Å². The third-order valence-electron chi connectivity index (χ3n) is 2.80. The number of nitrogens with two attached hydrogens (primary N) is 1. The first-order valence-electron chi connectivity index (χ1n) is 5.45. The Morgan fingerprint density at radius 1 is 1.22 bits per heavy atom. The van der Waals surface area contributed by atoms with Crippen LogP contribution in [0.25, 0.3) is 10.9 Å². The fraction of sp³-hybridized carbons (Fsp3) is 0.231. The van der Waals surface area contributed by atoms with Crippen molar-refractivity contribution in [1.82, 2.24) is 4.98 Å². The monoisotopic (exact) mass is 245 g/mol. The Balaban J connectivity index is 2.88. The average molecular weight is 245 g/mol. The van der Waals surface area contributed by atoms with Gasteiger partial charge in [-0.2, -0.15) is 0 Å². The quantitative estimate of drug-likeness (QED) is 0.638. The summed E-state index contributed by atoms with van der Waals surface area (Å²) in [5.41, 5.74) is 7.52. The summed E-state index contributed by atoms with van der Waals surface area (Å²) in [4.78, 5) is 4.36. The van der Waals surface area contributed by atoms with Crippen molar-refractivity contribution in [2.45, 2.75) is 6.92 Å². The number of ether oxygens (including phenoxy) is 2. The van der Waals surface area contributed by atoms with Crippen LogP contribution in [0.2, 0.25) is 0 Å². The molecule has 18 heavy (non-hydrogen) atoms. The summed E-state index contributed by atoms with van der Waals surface area (Å²) in [6, 6.07) is 5.40. The van der Waals surface area contributed by atoms with Crippen molar-refractivity contribution in [3.63, 3.8) is 0 Å². The van der Waals surface area contributed by atoms with E-state index in [-0.39, 0.29) is 5.84 Å². The number of hydrogen-bond acceptors (Lipinski definition) is 4. The molecule has 0 aliphatic carbocycles. The van der Waals surface area contributed by atoms with E-state index in [0.717, 1.165) is 16.7 Å². The number of fused-ring (bicyclic) bond motifs is 1. The maximum atomic E-state index is 7.48. The molecule has 1 heterocycles. The minimum atomic E-state index is -0.0649. The summed E-state index contributed by atoms with van der Waals surface area (Å²) in [6.45, 7) is 1.93. The zero-order chi connectivity index (χ0) is 13.3. The van der Waals surface area contributed by atoms with Gasteiger partial charge in [-0.1, -0.05) is 0 Å². The lowest BCUT2D eigenvalue weighted by Gasteiger charge is -2.12. The van der Waals surface area contributed by atoms with Gasteiger partial charge >= 0.3 is 0 Å². The molecule has 94 valence electrons. The van der Waals surface area contributed by atoms with Crippen LogP contribution >= 0.6 is 0 Å². The molecule has 2 rings (SSSR count). The Morgan fingerprint density at radius 2 is 1.83 bits per heavy atom. The molecule has 0 aliphatic rings. The zero-order valence-corrected chi connectivity index (χ0v) is 10.6. The predicted octanol–water partition coefficient (Wildman–Crippen LogP) is 1.84. The van der Waals surface area contributed by atoms with Gasteiger partial charge in [0.05, 0.1) is 14.2 Å². The van der Waals surface area contributed by atoms with Crippen molar-refractivity contribution in [2.75, 3.05) is 14.2 Å². The van der Waals surface area contributed by atoms with E-state index in [1.54, 1.807) is 26.4 Å². The van der Waals surface area contributed by atoms with Crippen LogP contribution in [0.3, 0.4) is 0 Å². The number of nitrogens with one attached hydrogen (secondary N) is 1. The van der Waals surface area contributed by atoms with E-state index in [1.807, 2.05) is 13.0 Å². The first kappa shape index (κ1) is 12.2. The SMILES string of the molecule is COc1ccc(OC)c2c(C)cc(C(=N)N)nc12. The first-order valence-corrected chi connectivity index (χ1v) is 5.45. The summed E-state index contributed by atoms with van der Waals surface area (Å²) < 4.78 is 10.6. The second-order valence-electron chi connectivity index (χ2n) is 3.93. The van der Waals surface area contributed by atoms with Crippen LogP contribution in [0.15, 0.2) is 18.2 Å². The Kier molecular flexibility index (Phi) is 3.06. The van der Waals surface area contributed by atoms with Crippen LogP contribution in [-0.4, -0.2) is 25.0 Å². The highest BCUT2D eigenvalue weighted by Gasteiger charge is 2.13. The van der Waals surface area contributed by atoms with Gasteiger partial charge in [0.25, 0.3) is 0 Å². The lowest BCUT2D eigenvalue weighted by atomic mass is 10.1. The molecule has 0 saturated carbocycles. The number of hydrogen-bond donors (Lipinski definition) is 2. The van der Waals surface area contributed by atoms with Gasteiger partial charge in [0.2, 0.25) is 0 Å². The number of benzene rings is 1. The molecular weight excluding hydrogens is 230 g/mol. The van der Waals surface area contributed by atoms with Crippen molar-refractivity contribution >= 4 is 16.7 Å². The molecule has 5 heteroatoms. The van der Waals surface area contributed by atoms with Crippen molar-refractivity contribution in [1.29, 1.82) is 5.41 Å². The number of aryl methyl sites for hydroxylation is 1. The molecule has 0 saturated heterocycles. The lowest BCUT2D eigenvalue weighted by molar-refractivity contribution is 0.409. The normalized spacial score (nSPS) is 10.4. The van der Waals surface area contributed by atoms with Crippen molar-refractivity contribution < 1.29 is 9.47 Å². The second-order valence-corrected chi connectivity index (χ2v) is 3.93. The zero-order valence-electron chi connectivity index (χ0n) is 10.6. The molecule has 0 radical (unpaired) electrons. The predicted molar refractivity (Wildman–Crippen MR) is 70.6 cm³/mol. The number of rotatable bonds is 3. The molecule has 0 amide bonds. The Hall–Kier alpha value is -2.30. The van der Waals surface area contributed by atoms with E-state index < -0.39 is 0 Å². The largest absolute Gasteiger partial charge is 0.496 e. The summed E-state index contributed by atoms with van der Waals surface area (Å²) >= 11 is 0. The standard InChI is InChI=1S/C13H15N3O2/c1-7-6-8(13(14)15)16-12-10(18-3)5-4-9(17-2)11(7)12/h4-6H,1-3H3,(H3,14,15). The number of nitrogens with zero attached hydrogens (tertiary/aromatic N) is 1. The van der Waals surface area contributed by atoms with Gasteiger partial charge in [-0.25, -0.2) is 4.98 Å². The molecule has 3 N–H and O–H groups in total. The minimum Gasteiger partial charge on any atom is -0.496 e. The van der Waals surface area contributed by atoms with Crippen molar-refractivity contribution in [2.24, 2.45) is 5.73 Å². The summed E-state index contributed by atoms with van der Waals surface area (Å²) in [5, 5.41) is 8.35. The fourth-order valence-corrected chi connectivity index (χ4v) is 1.95. The van der Waals surface area contributed by atoms with Crippen LogP contribution in [0.1, 0.15) is 11.3 Å². The van der Waals surface area contributed by atoms with Gasteiger partial charge in [0.1, 0.15) is 28.5 Å². The Bertz CT molecular complexity index is 623. The summed E-state index contributed by atoms with van der Waals surface area (Å²) in [7, 11) is 3.19. The molecule has 0 bridgehead atoms. The molecule has 1 aromatic heterocycles. The minimum absolute atomic E-state index is 0.0649. The van der Waals surface area contributed by atoms with E-state index in [9.17, 15) is 0 Å². The van der Waals surface area contributed by atoms with Crippen LogP contribution in [0.4, 0.5) is 0 Å². The van der Waals surface area contributed by atoms with E-state index in [2.05, 4.69) is 4.98 Å². The summed E-state index contributed by atoms with van der Waals surface area (Å²) in [6.07, 6.45) is 0. The van der Waals surface area contributed by atoms with E-state index in [4.69, 9.17) is 20.6 Å². The second kappa shape index (κ2) is 4.52. The van der Waals surface area contributed by atoms with Gasteiger partial charge in [-0.15, -0.1) is 0 Å². The lowest BCUT2D eigenvalue weighted by Crippen LogP contribution is -2.13. The number of aromatic nitrogens is 1. The smallest absolute Gasteiger partial charge is 0.145 e. The average Bonchev–Trinajstić information content (AvgIpc) is 2.37. The highest BCUT2D eigenvalue weighted by molar-refractivity contribution is 5.99. The molecule has 5 nitrogen and oxygen atoms in total. The third kappa shape index (κ3) is 1.84. The maximum Gasteiger partial charge on any atom is 0.145 e. The van der Waals surface area contributed by atoms with Crippen LogP contribution < -0.4 is 15.2 Å². The van der Waals surface area contributed by atoms with Gasteiger partial charge in [0, 0.05) is 5.39 Å². The number of amidine groups is 1. The maximum absolute atomic E-state index is 7.48. The van der Waals surface area contributed by atoms with Gasteiger partial charge < -0.3 is 15.2 Å². The van der Waals surface area contributed by atoms with Crippen LogP contribution in [0.5, 0.6) is 11.5 Å². The fourth-order valence-electron chi connectivity index (χ4n) is 1.95. The van der Waals surface area contributed by atoms with Gasteiger partial charge in [0.15, 0.2) is 0 Å². The molecular formula is C13H15N3O2. The molecule has 1 aromatic carbocycles. The number of methoxy groups -OCH3 is 2. The molecule has 0 fully saturated rings. The summed E-state index contributed by atoms with van der Waals surface area (Å²) in [5.74, 6) is 1.30. The molecule has 0 atom stereocenters.